The van der Waals surface area contributed by atoms with Crippen molar-refractivity contribution in [3.63, 3.8) is 0 Å². The van der Waals surface area contributed by atoms with Crippen LogP contribution < -0.4 is 5.32 Å². The van der Waals surface area contributed by atoms with Crippen molar-refractivity contribution in [3.8, 4) is 0 Å². The summed E-state index contributed by atoms with van der Waals surface area (Å²) < 4.78 is 0. The second kappa shape index (κ2) is 22.2. The number of nitrogens with one attached hydrogen (secondary N) is 1. The maximum atomic E-state index is 8.76. The van der Waals surface area contributed by atoms with Crippen molar-refractivity contribution in [3.05, 3.63) is 0 Å². The van der Waals surface area contributed by atoms with E-state index in [0.717, 1.165) is 24.7 Å². The average molecular weight is 386 g/mol. The molecule has 3 heteroatoms. The normalized spacial score (nSPS) is 13.8. The van der Waals surface area contributed by atoms with Gasteiger partial charge in [-0.25, -0.2) is 0 Å². The van der Waals surface area contributed by atoms with Crippen LogP contribution in [-0.4, -0.2) is 36.5 Å². The van der Waals surface area contributed by atoms with Gasteiger partial charge in [0.05, 0.1) is 0 Å². The van der Waals surface area contributed by atoms with E-state index >= 15 is 0 Å². The van der Waals surface area contributed by atoms with Crippen LogP contribution in [0.25, 0.3) is 0 Å². The second-order valence-corrected chi connectivity index (χ2v) is 8.84. The molecule has 2 unspecified atom stereocenters. The fourth-order valence-corrected chi connectivity index (χ4v) is 3.76. The van der Waals surface area contributed by atoms with Gasteiger partial charge in [0.25, 0.3) is 0 Å². The van der Waals surface area contributed by atoms with Crippen LogP contribution in [0.15, 0.2) is 0 Å². The fraction of sp³-hybridized carbons (Fsp3) is 1.00. The number of aliphatic hydroxyl groups is 2. The number of hydrogen-bond acceptors (Lipinski definition) is 3. The smallest absolute Gasteiger partial charge is 0.0431 e. The standard InChI is InChI=1S/C24H51NO2/c1-23(17-13-9-5-3-7-11-15-19-26)21-25-22-24(2)18-14-10-6-4-8-12-16-20-27/h23-27H,3-22H2,1-2H3. The van der Waals surface area contributed by atoms with E-state index in [1.165, 1.54) is 103 Å². The Morgan fingerprint density at radius 3 is 1.11 bits per heavy atom. The van der Waals surface area contributed by atoms with E-state index in [-0.39, 0.29) is 0 Å². The Hall–Kier alpha value is -0.120. The fourth-order valence-electron chi connectivity index (χ4n) is 3.76. The molecule has 0 saturated carbocycles. The van der Waals surface area contributed by atoms with Crippen LogP contribution in [0, 0.1) is 11.8 Å². The lowest BCUT2D eigenvalue weighted by Crippen LogP contribution is -2.26. The summed E-state index contributed by atoms with van der Waals surface area (Å²) in [5.74, 6) is 1.59. The Bertz CT molecular complexity index is 247. The van der Waals surface area contributed by atoms with Crippen LogP contribution in [0.2, 0.25) is 0 Å². The molecule has 164 valence electrons. The summed E-state index contributed by atoms with van der Waals surface area (Å²) in [7, 11) is 0. The van der Waals surface area contributed by atoms with Crippen LogP contribution in [-0.2, 0) is 0 Å². The molecular weight excluding hydrogens is 334 g/mol. The molecule has 0 bridgehead atoms. The summed E-state index contributed by atoms with van der Waals surface area (Å²) in [6, 6.07) is 0. The van der Waals surface area contributed by atoms with Crippen molar-refractivity contribution < 1.29 is 10.2 Å². The van der Waals surface area contributed by atoms with Gasteiger partial charge in [-0.2, -0.15) is 0 Å². The zero-order chi connectivity index (χ0) is 20.0. The molecular formula is C24H51NO2. The van der Waals surface area contributed by atoms with E-state index in [1.54, 1.807) is 0 Å². The van der Waals surface area contributed by atoms with Crippen LogP contribution in [0.3, 0.4) is 0 Å². The first-order chi connectivity index (χ1) is 13.2. The minimum atomic E-state index is 0.356. The van der Waals surface area contributed by atoms with Gasteiger partial charge in [0, 0.05) is 13.2 Å². The van der Waals surface area contributed by atoms with Crippen LogP contribution >= 0.6 is 0 Å². The molecule has 0 radical (unpaired) electrons. The average Bonchev–Trinajstić information content (AvgIpc) is 2.66. The SMILES string of the molecule is CC(CCCCCCCCCO)CNCC(C)CCCCCCCCCO. The van der Waals surface area contributed by atoms with Crippen molar-refractivity contribution in [2.24, 2.45) is 11.8 Å². The highest BCUT2D eigenvalue weighted by Gasteiger charge is 2.05. The largest absolute Gasteiger partial charge is 0.396 e. The van der Waals surface area contributed by atoms with E-state index in [0.29, 0.717) is 13.2 Å². The molecule has 0 aliphatic rings. The molecule has 0 fully saturated rings. The van der Waals surface area contributed by atoms with Crippen molar-refractivity contribution in [1.82, 2.24) is 5.32 Å². The molecule has 0 aliphatic carbocycles. The molecule has 27 heavy (non-hydrogen) atoms. The summed E-state index contributed by atoms with van der Waals surface area (Å²) in [6.45, 7) is 7.83. The van der Waals surface area contributed by atoms with Crippen molar-refractivity contribution in [1.29, 1.82) is 0 Å². The highest BCUT2D eigenvalue weighted by molar-refractivity contribution is 4.62. The number of aliphatic hydroxyl groups excluding tert-OH is 2. The maximum Gasteiger partial charge on any atom is 0.0431 e. The van der Waals surface area contributed by atoms with Gasteiger partial charge in [-0.3, -0.25) is 0 Å². The maximum absolute atomic E-state index is 8.76. The van der Waals surface area contributed by atoms with Gasteiger partial charge in [-0.05, 0) is 50.6 Å². The van der Waals surface area contributed by atoms with Gasteiger partial charge in [0.1, 0.15) is 0 Å². The molecule has 3 N–H and O–H groups in total. The Morgan fingerprint density at radius 1 is 0.481 bits per heavy atom. The van der Waals surface area contributed by atoms with E-state index in [4.69, 9.17) is 10.2 Å². The number of rotatable bonds is 22. The highest BCUT2D eigenvalue weighted by Crippen LogP contribution is 2.14. The zero-order valence-corrected chi connectivity index (χ0v) is 18.7. The van der Waals surface area contributed by atoms with Gasteiger partial charge in [-0.1, -0.05) is 90.9 Å². The van der Waals surface area contributed by atoms with Crippen LogP contribution in [0.1, 0.15) is 117 Å². The molecule has 3 nitrogen and oxygen atoms in total. The molecule has 0 aliphatic heterocycles. The predicted molar refractivity (Wildman–Crippen MR) is 119 cm³/mol. The summed E-state index contributed by atoms with van der Waals surface area (Å²) >= 11 is 0. The molecule has 0 spiro atoms. The summed E-state index contributed by atoms with van der Waals surface area (Å²) in [5.41, 5.74) is 0. The molecule has 0 aromatic heterocycles. The minimum absolute atomic E-state index is 0.356. The minimum Gasteiger partial charge on any atom is -0.396 e. The zero-order valence-electron chi connectivity index (χ0n) is 18.7. The van der Waals surface area contributed by atoms with Gasteiger partial charge in [-0.15, -0.1) is 0 Å². The third kappa shape index (κ3) is 22.0. The lowest BCUT2D eigenvalue weighted by Gasteiger charge is -2.16. The van der Waals surface area contributed by atoms with E-state index in [9.17, 15) is 0 Å². The third-order valence-electron chi connectivity index (χ3n) is 5.70. The third-order valence-corrected chi connectivity index (χ3v) is 5.70. The highest BCUT2D eigenvalue weighted by atomic mass is 16.3. The first-order valence-electron chi connectivity index (χ1n) is 12.1. The molecule has 0 heterocycles. The molecule has 0 rings (SSSR count). The lowest BCUT2D eigenvalue weighted by atomic mass is 10.00. The molecule has 2 atom stereocenters. The molecule has 0 amide bonds. The van der Waals surface area contributed by atoms with Crippen molar-refractivity contribution in [2.75, 3.05) is 26.3 Å². The molecule has 0 aromatic carbocycles. The van der Waals surface area contributed by atoms with Crippen LogP contribution in [0.5, 0.6) is 0 Å². The van der Waals surface area contributed by atoms with E-state index in [1.807, 2.05) is 0 Å². The Balaban J connectivity index is 3.29. The van der Waals surface area contributed by atoms with Crippen molar-refractivity contribution in [2.45, 2.75) is 117 Å². The Kier molecular flexibility index (Phi) is 22.1. The Morgan fingerprint density at radius 2 is 0.778 bits per heavy atom. The van der Waals surface area contributed by atoms with E-state index < -0.39 is 0 Å². The van der Waals surface area contributed by atoms with E-state index in [2.05, 4.69) is 19.2 Å². The first-order valence-corrected chi connectivity index (χ1v) is 12.1. The van der Waals surface area contributed by atoms with Gasteiger partial charge < -0.3 is 15.5 Å². The molecule has 0 saturated heterocycles. The lowest BCUT2D eigenvalue weighted by molar-refractivity contribution is 0.282. The first kappa shape index (κ1) is 26.9. The van der Waals surface area contributed by atoms with Crippen LogP contribution in [0.4, 0.5) is 0 Å². The summed E-state index contributed by atoms with van der Waals surface area (Å²) in [5, 5.41) is 21.2. The molecule has 0 aromatic rings. The van der Waals surface area contributed by atoms with Gasteiger partial charge in [0.15, 0.2) is 0 Å². The number of unbranched alkanes of at least 4 members (excludes halogenated alkanes) is 12. The van der Waals surface area contributed by atoms with Gasteiger partial charge >= 0.3 is 0 Å². The summed E-state index contributed by atoms with van der Waals surface area (Å²) in [6.07, 6.45) is 20.5. The number of hydrogen-bond donors (Lipinski definition) is 3. The summed E-state index contributed by atoms with van der Waals surface area (Å²) in [4.78, 5) is 0. The quantitative estimate of drug-likeness (QED) is 0.198. The Labute approximate surface area is 170 Å². The van der Waals surface area contributed by atoms with Gasteiger partial charge in [0.2, 0.25) is 0 Å². The second-order valence-electron chi connectivity index (χ2n) is 8.84. The predicted octanol–water partition coefficient (Wildman–Crippen LogP) is 6.07. The topological polar surface area (TPSA) is 52.5 Å². The monoisotopic (exact) mass is 385 g/mol. The van der Waals surface area contributed by atoms with Crippen molar-refractivity contribution >= 4 is 0 Å².